The highest BCUT2D eigenvalue weighted by atomic mass is 19.1. The van der Waals surface area contributed by atoms with Crippen LogP contribution in [0, 0.1) is 12.7 Å². The van der Waals surface area contributed by atoms with Gasteiger partial charge < -0.3 is 5.32 Å². The Bertz CT molecular complexity index is 534. The van der Waals surface area contributed by atoms with Crippen LogP contribution >= 0.6 is 0 Å². The molecule has 0 atom stereocenters. The maximum atomic E-state index is 13.2. The van der Waals surface area contributed by atoms with Crippen molar-refractivity contribution in [3.05, 3.63) is 41.5 Å². The monoisotopic (exact) mass is 248 g/mol. The van der Waals surface area contributed by atoms with Crippen LogP contribution < -0.4 is 5.32 Å². The second kappa shape index (κ2) is 5.27. The molecule has 0 radical (unpaired) electrons. The van der Waals surface area contributed by atoms with Crippen molar-refractivity contribution in [3.63, 3.8) is 0 Å². The van der Waals surface area contributed by atoms with Crippen LogP contribution in [0.2, 0.25) is 0 Å². The Kier molecular flexibility index (Phi) is 3.72. The third-order valence-corrected chi connectivity index (χ3v) is 2.65. The number of nitrogens with one attached hydrogen (secondary N) is 1. The summed E-state index contributed by atoms with van der Waals surface area (Å²) >= 11 is 0. The summed E-state index contributed by atoms with van der Waals surface area (Å²) in [5.74, 6) is -0.270. The molecular formula is C13H17FN4. The van der Waals surface area contributed by atoms with Gasteiger partial charge in [0.1, 0.15) is 5.82 Å². The van der Waals surface area contributed by atoms with Gasteiger partial charge in [0.25, 0.3) is 0 Å². The van der Waals surface area contributed by atoms with Crippen molar-refractivity contribution in [1.29, 1.82) is 0 Å². The highest BCUT2D eigenvalue weighted by molar-refractivity contribution is 5.39. The third kappa shape index (κ3) is 2.92. The van der Waals surface area contributed by atoms with E-state index in [-0.39, 0.29) is 5.82 Å². The predicted molar refractivity (Wildman–Crippen MR) is 68.0 cm³/mol. The first-order valence-electron chi connectivity index (χ1n) is 5.97. The zero-order valence-electron chi connectivity index (χ0n) is 10.8. The maximum absolute atomic E-state index is 13.2. The molecule has 0 saturated heterocycles. The molecule has 2 aromatic rings. The summed E-state index contributed by atoms with van der Waals surface area (Å²) in [5.41, 5.74) is 2.52. The quantitative estimate of drug-likeness (QED) is 0.902. The van der Waals surface area contributed by atoms with Crippen molar-refractivity contribution < 1.29 is 4.39 Å². The van der Waals surface area contributed by atoms with E-state index >= 15 is 0 Å². The lowest BCUT2D eigenvalue weighted by atomic mass is 10.2. The first-order valence-corrected chi connectivity index (χ1v) is 5.97. The smallest absolute Gasteiger partial charge is 0.125 e. The average Bonchev–Trinajstić information content (AvgIpc) is 2.78. The fourth-order valence-electron chi connectivity index (χ4n) is 1.64. The van der Waals surface area contributed by atoms with Crippen molar-refractivity contribution in [1.82, 2.24) is 20.3 Å². The van der Waals surface area contributed by atoms with E-state index < -0.39 is 0 Å². The summed E-state index contributed by atoms with van der Waals surface area (Å²) in [4.78, 5) is 0. The summed E-state index contributed by atoms with van der Waals surface area (Å²) in [6.45, 7) is 6.72. The molecule has 4 nitrogen and oxygen atoms in total. The molecule has 0 aliphatic carbocycles. The van der Waals surface area contributed by atoms with Gasteiger partial charge in [0.2, 0.25) is 0 Å². The molecule has 1 N–H and O–H groups in total. The summed E-state index contributed by atoms with van der Waals surface area (Å²) in [5, 5.41) is 11.4. The fraction of sp³-hybridized carbons (Fsp3) is 0.385. The second-order valence-electron chi connectivity index (χ2n) is 4.62. The largest absolute Gasteiger partial charge is 0.309 e. The second-order valence-corrected chi connectivity index (χ2v) is 4.62. The van der Waals surface area contributed by atoms with Gasteiger partial charge in [-0.25, -0.2) is 9.07 Å². The Labute approximate surface area is 106 Å². The molecule has 96 valence electrons. The zero-order valence-corrected chi connectivity index (χ0v) is 10.8. The average molecular weight is 248 g/mol. The Hall–Kier alpha value is -1.75. The molecule has 2 rings (SSSR count). The molecular weight excluding hydrogens is 231 g/mol. The minimum atomic E-state index is -0.270. The molecule has 0 spiro atoms. The van der Waals surface area contributed by atoms with Crippen molar-refractivity contribution in [2.24, 2.45) is 0 Å². The van der Waals surface area contributed by atoms with Gasteiger partial charge in [-0.05, 0) is 24.6 Å². The number of nitrogens with zero attached hydrogens (tertiary/aromatic N) is 3. The van der Waals surface area contributed by atoms with Crippen molar-refractivity contribution in [3.8, 4) is 5.69 Å². The number of hydrogen-bond acceptors (Lipinski definition) is 3. The lowest BCUT2D eigenvalue weighted by Crippen LogP contribution is -2.21. The van der Waals surface area contributed by atoms with Crippen molar-refractivity contribution in [2.45, 2.75) is 33.4 Å². The number of hydrogen-bond donors (Lipinski definition) is 1. The highest BCUT2D eigenvalue weighted by Gasteiger charge is 2.07. The van der Waals surface area contributed by atoms with E-state index in [1.54, 1.807) is 10.7 Å². The van der Waals surface area contributed by atoms with Crippen LogP contribution in [-0.2, 0) is 6.54 Å². The molecule has 0 amide bonds. The lowest BCUT2D eigenvalue weighted by Gasteiger charge is -2.05. The molecule has 1 heterocycles. The number of aromatic nitrogens is 3. The highest BCUT2D eigenvalue weighted by Crippen LogP contribution is 2.14. The standard InChI is InChI=1S/C13H17FN4/c1-9(2)15-7-12-8-18(17-16-12)13-6-11(14)5-4-10(13)3/h4-6,8-9,15H,7H2,1-3H3. The number of halogens is 1. The van der Waals surface area contributed by atoms with Crippen LogP contribution in [0.5, 0.6) is 0 Å². The Morgan fingerprint density at radius 2 is 2.17 bits per heavy atom. The topological polar surface area (TPSA) is 42.7 Å². The molecule has 0 bridgehead atoms. The van der Waals surface area contributed by atoms with Gasteiger partial charge in [-0.1, -0.05) is 25.1 Å². The van der Waals surface area contributed by atoms with E-state index in [1.807, 2.05) is 13.1 Å². The molecule has 18 heavy (non-hydrogen) atoms. The van der Waals surface area contributed by atoms with E-state index in [2.05, 4.69) is 29.5 Å². The van der Waals surface area contributed by atoms with Gasteiger partial charge >= 0.3 is 0 Å². The van der Waals surface area contributed by atoms with E-state index in [4.69, 9.17) is 0 Å². The van der Waals surface area contributed by atoms with Gasteiger partial charge in [0.15, 0.2) is 0 Å². The SMILES string of the molecule is Cc1ccc(F)cc1-n1cc(CNC(C)C)nn1. The Morgan fingerprint density at radius 1 is 1.39 bits per heavy atom. The van der Waals surface area contributed by atoms with Gasteiger partial charge in [0.05, 0.1) is 17.6 Å². The normalized spacial score (nSPS) is 11.2. The van der Waals surface area contributed by atoms with Crippen LogP contribution in [-0.4, -0.2) is 21.0 Å². The molecule has 5 heteroatoms. The zero-order chi connectivity index (χ0) is 13.1. The van der Waals surface area contributed by atoms with Crippen molar-refractivity contribution >= 4 is 0 Å². The van der Waals surface area contributed by atoms with Gasteiger partial charge in [-0.3, -0.25) is 0 Å². The minimum Gasteiger partial charge on any atom is -0.309 e. The molecule has 1 aromatic heterocycles. The van der Waals surface area contributed by atoms with Crippen LogP contribution in [0.1, 0.15) is 25.1 Å². The molecule has 0 saturated carbocycles. The summed E-state index contributed by atoms with van der Waals surface area (Å²) < 4.78 is 14.8. The van der Waals surface area contributed by atoms with E-state index in [1.165, 1.54) is 12.1 Å². The fourth-order valence-corrected chi connectivity index (χ4v) is 1.64. The summed E-state index contributed by atoms with van der Waals surface area (Å²) in [6.07, 6.45) is 1.82. The molecule has 1 aromatic carbocycles. The van der Waals surface area contributed by atoms with E-state index in [0.717, 1.165) is 16.9 Å². The third-order valence-electron chi connectivity index (χ3n) is 2.65. The molecule has 0 fully saturated rings. The molecule has 0 unspecified atom stereocenters. The van der Waals surface area contributed by atoms with Crippen molar-refractivity contribution in [2.75, 3.05) is 0 Å². The Morgan fingerprint density at radius 3 is 2.89 bits per heavy atom. The maximum Gasteiger partial charge on any atom is 0.125 e. The number of benzene rings is 1. The van der Waals surface area contributed by atoms with Gasteiger partial charge in [0, 0.05) is 12.6 Å². The molecule has 0 aliphatic heterocycles. The number of rotatable bonds is 4. The molecule has 0 aliphatic rings. The summed E-state index contributed by atoms with van der Waals surface area (Å²) in [6, 6.07) is 5.03. The van der Waals surface area contributed by atoms with E-state index in [9.17, 15) is 4.39 Å². The van der Waals surface area contributed by atoms with E-state index in [0.29, 0.717) is 12.6 Å². The predicted octanol–water partition coefficient (Wildman–Crippen LogP) is 2.21. The van der Waals surface area contributed by atoms with Gasteiger partial charge in [-0.15, -0.1) is 5.10 Å². The van der Waals surface area contributed by atoms with Gasteiger partial charge in [-0.2, -0.15) is 0 Å². The van der Waals surface area contributed by atoms with Crippen LogP contribution in [0.25, 0.3) is 5.69 Å². The van der Waals surface area contributed by atoms with Crippen LogP contribution in [0.4, 0.5) is 4.39 Å². The number of aryl methyl sites for hydroxylation is 1. The van der Waals surface area contributed by atoms with Crippen LogP contribution in [0.3, 0.4) is 0 Å². The Balaban J connectivity index is 2.21. The lowest BCUT2D eigenvalue weighted by molar-refractivity contribution is 0.580. The first-order chi connectivity index (χ1) is 8.56. The summed E-state index contributed by atoms with van der Waals surface area (Å²) in [7, 11) is 0. The minimum absolute atomic E-state index is 0.270. The first kappa shape index (κ1) is 12.7. The van der Waals surface area contributed by atoms with Crippen LogP contribution in [0.15, 0.2) is 24.4 Å².